The molecule has 0 aromatic carbocycles. The molecule has 0 bridgehead atoms. The second-order valence-electron chi connectivity index (χ2n) is 5.41. The molecule has 0 saturated heterocycles. The van der Waals surface area contributed by atoms with Crippen LogP contribution in [-0.4, -0.2) is 16.1 Å². The van der Waals surface area contributed by atoms with Gasteiger partial charge in [-0.2, -0.15) is 0 Å². The molecule has 1 heterocycles. The van der Waals surface area contributed by atoms with Gasteiger partial charge in [-0.25, -0.2) is 9.78 Å². The van der Waals surface area contributed by atoms with Gasteiger partial charge in [0.05, 0.1) is 11.2 Å². The molecule has 3 N–H and O–H groups in total. The van der Waals surface area contributed by atoms with Gasteiger partial charge >= 0.3 is 5.97 Å². The van der Waals surface area contributed by atoms with Gasteiger partial charge in [-0.1, -0.05) is 33.1 Å². The molecule has 1 aromatic heterocycles. The van der Waals surface area contributed by atoms with Crippen molar-refractivity contribution < 1.29 is 9.90 Å². The highest BCUT2D eigenvalue weighted by molar-refractivity contribution is 7.13. The molecule has 1 fully saturated rings. The highest BCUT2D eigenvalue weighted by Crippen LogP contribution is 2.38. The third kappa shape index (κ3) is 2.42. The topological polar surface area (TPSA) is 76.2 Å². The molecule has 5 heteroatoms. The normalized spacial score (nSPS) is 19.1. The number of nitrogens with two attached hydrogens (primary N) is 1. The first-order chi connectivity index (χ1) is 8.44. The largest absolute Gasteiger partial charge is 0.477 e. The predicted molar refractivity (Wildman–Crippen MR) is 72.1 cm³/mol. The highest BCUT2D eigenvalue weighted by Gasteiger charge is 2.34. The predicted octanol–water partition coefficient (Wildman–Crippen LogP) is 3.08. The van der Waals surface area contributed by atoms with E-state index in [1.165, 1.54) is 17.8 Å². The zero-order valence-corrected chi connectivity index (χ0v) is 11.7. The first-order valence-electron chi connectivity index (χ1n) is 6.47. The third-order valence-electron chi connectivity index (χ3n) is 3.57. The SMILES string of the molecule is CC(C)c1nc(C2(N)CCCCC2)sc1C(=O)O. The Morgan fingerprint density at radius 2 is 2.00 bits per heavy atom. The van der Waals surface area contributed by atoms with Gasteiger partial charge in [0, 0.05) is 0 Å². The second kappa shape index (κ2) is 4.97. The molecule has 1 aromatic rings. The Bertz CT molecular complexity index is 448. The van der Waals surface area contributed by atoms with E-state index in [9.17, 15) is 9.90 Å². The van der Waals surface area contributed by atoms with Crippen molar-refractivity contribution in [3.05, 3.63) is 15.6 Å². The fourth-order valence-electron chi connectivity index (χ4n) is 2.49. The number of aromatic carboxylic acids is 1. The Morgan fingerprint density at radius 3 is 2.44 bits per heavy atom. The van der Waals surface area contributed by atoms with Crippen LogP contribution in [0.25, 0.3) is 0 Å². The van der Waals surface area contributed by atoms with Crippen molar-refractivity contribution in [1.82, 2.24) is 4.98 Å². The summed E-state index contributed by atoms with van der Waals surface area (Å²) in [5.41, 5.74) is 6.69. The van der Waals surface area contributed by atoms with Crippen molar-refractivity contribution >= 4 is 17.3 Å². The lowest BCUT2D eigenvalue weighted by Crippen LogP contribution is -2.38. The van der Waals surface area contributed by atoms with E-state index in [0.717, 1.165) is 30.7 Å². The molecule has 18 heavy (non-hydrogen) atoms. The minimum absolute atomic E-state index is 0.119. The van der Waals surface area contributed by atoms with Crippen molar-refractivity contribution in [2.75, 3.05) is 0 Å². The fraction of sp³-hybridized carbons (Fsp3) is 0.692. The van der Waals surface area contributed by atoms with Gasteiger partial charge < -0.3 is 10.8 Å². The average Bonchev–Trinajstić information content (AvgIpc) is 2.75. The summed E-state index contributed by atoms with van der Waals surface area (Å²) < 4.78 is 0. The molecular weight excluding hydrogens is 248 g/mol. The van der Waals surface area contributed by atoms with Gasteiger partial charge in [-0.05, 0) is 18.8 Å². The maximum atomic E-state index is 11.3. The van der Waals surface area contributed by atoms with Crippen LogP contribution in [0.1, 0.15) is 72.2 Å². The van der Waals surface area contributed by atoms with Crippen LogP contribution in [0.5, 0.6) is 0 Å². The molecule has 0 atom stereocenters. The lowest BCUT2D eigenvalue weighted by atomic mass is 9.83. The third-order valence-corrected chi connectivity index (χ3v) is 4.85. The van der Waals surface area contributed by atoms with E-state index >= 15 is 0 Å². The van der Waals surface area contributed by atoms with Crippen LogP contribution < -0.4 is 5.73 Å². The Morgan fingerprint density at radius 1 is 1.39 bits per heavy atom. The number of hydrogen-bond donors (Lipinski definition) is 2. The maximum Gasteiger partial charge on any atom is 0.347 e. The lowest BCUT2D eigenvalue weighted by molar-refractivity contribution is 0.0700. The van der Waals surface area contributed by atoms with E-state index in [1.807, 2.05) is 13.8 Å². The van der Waals surface area contributed by atoms with E-state index in [1.54, 1.807) is 0 Å². The molecule has 0 radical (unpaired) electrons. The Kier molecular flexibility index (Phi) is 3.73. The van der Waals surface area contributed by atoms with Crippen LogP contribution in [0.15, 0.2) is 0 Å². The number of thiazole rings is 1. The van der Waals surface area contributed by atoms with Gasteiger partial charge in [-0.15, -0.1) is 11.3 Å². The molecule has 1 aliphatic carbocycles. The van der Waals surface area contributed by atoms with E-state index in [-0.39, 0.29) is 5.92 Å². The Labute approximate surface area is 111 Å². The molecule has 100 valence electrons. The van der Waals surface area contributed by atoms with Crippen LogP contribution >= 0.6 is 11.3 Å². The average molecular weight is 268 g/mol. The summed E-state index contributed by atoms with van der Waals surface area (Å²) in [7, 11) is 0. The van der Waals surface area contributed by atoms with Crippen molar-refractivity contribution in [3.63, 3.8) is 0 Å². The van der Waals surface area contributed by atoms with E-state index < -0.39 is 11.5 Å². The summed E-state index contributed by atoms with van der Waals surface area (Å²) >= 11 is 1.27. The van der Waals surface area contributed by atoms with Crippen LogP contribution in [0, 0.1) is 0 Å². The second-order valence-corrected chi connectivity index (χ2v) is 6.41. The summed E-state index contributed by atoms with van der Waals surface area (Å²) in [4.78, 5) is 16.2. The molecule has 2 rings (SSSR count). The van der Waals surface area contributed by atoms with Gasteiger partial charge in [0.1, 0.15) is 9.88 Å². The minimum Gasteiger partial charge on any atom is -0.477 e. The standard InChI is InChI=1S/C13H20N2O2S/c1-8(2)9-10(11(16)17)18-12(15-9)13(14)6-4-3-5-7-13/h8H,3-7,14H2,1-2H3,(H,16,17). The Hall–Kier alpha value is -0.940. The summed E-state index contributed by atoms with van der Waals surface area (Å²) in [6.45, 7) is 3.94. The summed E-state index contributed by atoms with van der Waals surface area (Å²) in [6.07, 6.45) is 5.26. The number of aromatic nitrogens is 1. The quantitative estimate of drug-likeness (QED) is 0.883. The number of carboxylic acid groups (broad SMARTS) is 1. The van der Waals surface area contributed by atoms with Crippen molar-refractivity contribution in [2.45, 2.75) is 57.4 Å². The number of rotatable bonds is 3. The minimum atomic E-state index is -0.887. The van der Waals surface area contributed by atoms with Crippen molar-refractivity contribution in [1.29, 1.82) is 0 Å². The van der Waals surface area contributed by atoms with Crippen molar-refractivity contribution in [2.24, 2.45) is 5.73 Å². The molecule has 1 saturated carbocycles. The number of nitrogens with zero attached hydrogens (tertiary/aromatic N) is 1. The molecular formula is C13H20N2O2S. The molecule has 1 aliphatic rings. The van der Waals surface area contributed by atoms with Crippen LogP contribution in [0.3, 0.4) is 0 Å². The Balaban J connectivity index is 2.39. The summed E-state index contributed by atoms with van der Waals surface area (Å²) in [5.74, 6) is -0.768. The van der Waals surface area contributed by atoms with E-state index in [0.29, 0.717) is 10.6 Å². The molecule has 0 amide bonds. The zero-order valence-electron chi connectivity index (χ0n) is 10.9. The molecule has 0 spiro atoms. The van der Waals surface area contributed by atoms with Crippen LogP contribution in [-0.2, 0) is 5.54 Å². The maximum absolute atomic E-state index is 11.3. The van der Waals surface area contributed by atoms with Gasteiger partial charge in [0.15, 0.2) is 0 Å². The lowest BCUT2D eigenvalue weighted by Gasteiger charge is -2.31. The molecule has 4 nitrogen and oxygen atoms in total. The van der Waals surface area contributed by atoms with Crippen molar-refractivity contribution in [3.8, 4) is 0 Å². The number of carbonyl (C=O) groups is 1. The van der Waals surface area contributed by atoms with Gasteiger partial charge in [0.2, 0.25) is 0 Å². The van der Waals surface area contributed by atoms with Gasteiger partial charge in [-0.3, -0.25) is 0 Å². The van der Waals surface area contributed by atoms with Crippen LogP contribution in [0.2, 0.25) is 0 Å². The monoisotopic (exact) mass is 268 g/mol. The number of hydrogen-bond acceptors (Lipinski definition) is 4. The molecule has 0 aliphatic heterocycles. The van der Waals surface area contributed by atoms with Crippen LogP contribution in [0.4, 0.5) is 0 Å². The fourth-order valence-corrected chi connectivity index (χ4v) is 3.70. The summed E-state index contributed by atoms with van der Waals surface area (Å²) in [6, 6.07) is 0. The smallest absolute Gasteiger partial charge is 0.347 e. The number of carboxylic acids is 1. The first kappa shape index (κ1) is 13.5. The zero-order chi connectivity index (χ0) is 13.3. The van der Waals surface area contributed by atoms with E-state index in [4.69, 9.17) is 5.73 Å². The molecule has 0 unspecified atom stereocenters. The van der Waals surface area contributed by atoms with E-state index in [2.05, 4.69) is 4.98 Å². The first-order valence-corrected chi connectivity index (χ1v) is 7.29. The summed E-state index contributed by atoms with van der Waals surface area (Å²) in [5, 5.41) is 10.0. The van der Waals surface area contributed by atoms with Gasteiger partial charge in [0.25, 0.3) is 0 Å². The highest BCUT2D eigenvalue weighted by atomic mass is 32.1.